The molecule has 6 nitrogen and oxygen atoms in total. The Bertz CT molecular complexity index is 781. The minimum absolute atomic E-state index is 0.00149. The van der Waals surface area contributed by atoms with Crippen molar-refractivity contribution in [1.82, 2.24) is 14.7 Å². The van der Waals surface area contributed by atoms with E-state index in [-0.39, 0.29) is 17.7 Å². The van der Waals surface area contributed by atoms with Crippen molar-refractivity contribution >= 4 is 17.5 Å². The minimum Gasteiger partial charge on any atom is -0.341 e. The van der Waals surface area contributed by atoms with Crippen LogP contribution in [0.2, 0.25) is 0 Å². The molecule has 3 fully saturated rings. The number of nitrogens with zero attached hydrogens (tertiary/aromatic N) is 3. The maximum Gasteiger partial charge on any atom is 0.250 e. The number of rotatable bonds is 1. The van der Waals surface area contributed by atoms with E-state index < -0.39 is 5.54 Å². The number of hydrogen-bond donors (Lipinski definition) is 1. The SMILES string of the molecule is CN1CCCN(C(=O)[C@@H]2C[C@H]3CCCN3[C@]23C(=O)Nc2ccccc23)CC1. The normalized spacial score (nSPS) is 33.8. The quantitative estimate of drug-likeness (QED) is 0.816. The maximum absolute atomic E-state index is 13.7. The van der Waals surface area contributed by atoms with Crippen LogP contribution in [0.25, 0.3) is 0 Å². The fourth-order valence-corrected chi connectivity index (χ4v) is 5.85. The second kappa shape index (κ2) is 6.31. The average molecular weight is 368 g/mol. The van der Waals surface area contributed by atoms with Crippen LogP contribution in [-0.2, 0) is 15.1 Å². The van der Waals surface area contributed by atoms with Crippen LogP contribution in [0, 0.1) is 5.92 Å². The molecule has 0 bridgehead atoms. The van der Waals surface area contributed by atoms with Crippen molar-refractivity contribution in [3.63, 3.8) is 0 Å². The molecule has 2 amide bonds. The standard InChI is InChI=1S/C21H28N4O2/c1-23-9-5-10-24(13-12-23)19(26)17-14-15-6-4-11-25(15)21(17)16-7-2-3-8-18(16)22-20(21)27/h2-3,7-8,15,17H,4-6,9-14H2,1H3,(H,22,27)/t15-,17+,21+/m1/s1. The first-order valence-electron chi connectivity index (χ1n) is 10.3. The third kappa shape index (κ3) is 2.39. The van der Waals surface area contributed by atoms with Gasteiger partial charge in [-0.05, 0) is 51.9 Å². The molecule has 4 heterocycles. The molecule has 3 saturated heterocycles. The molecular formula is C21H28N4O2. The number of fused-ring (bicyclic) bond motifs is 4. The van der Waals surface area contributed by atoms with Crippen LogP contribution in [0.3, 0.4) is 0 Å². The number of hydrogen-bond acceptors (Lipinski definition) is 4. The van der Waals surface area contributed by atoms with E-state index in [9.17, 15) is 9.59 Å². The van der Waals surface area contributed by atoms with Gasteiger partial charge in [-0.15, -0.1) is 0 Å². The van der Waals surface area contributed by atoms with Crippen molar-refractivity contribution in [3.05, 3.63) is 29.8 Å². The minimum atomic E-state index is -0.812. The van der Waals surface area contributed by atoms with Gasteiger partial charge in [0.2, 0.25) is 11.8 Å². The van der Waals surface area contributed by atoms with Gasteiger partial charge in [-0.1, -0.05) is 18.2 Å². The van der Waals surface area contributed by atoms with Gasteiger partial charge in [0.25, 0.3) is 0 Å². The van der Waals surface area contributed by atoms with Crippen LogP contribution >= 0.6 is 0 Å². The van der Waals surface area contributed by atoms with Gasteiger partial charge < -0.3 is 15.1 Å². The second-order valence-corrected chi connectivity index (χ2v) is 8.53. The molecule has 1 aromatic rings. The molecule has 0 radical (unpaired) electrons. The van der Waals surface area contributed by atoms with Crippen LogP contribution in [0.4, 0.5) is 5.69 Å². The summed E-state index contributed by atoms with van der Waals surface area (Å²) in [5.41, 5.74) is 1.07. The average Bonchev–Trinajstić information content (AvgIpc) is 3.27. The van der Waals surface area contributed by atoms with E-state index in [0.29, 0.717) is 6.04 Å². The monoisotopic (exact) mass is 368 g/mol. The van der Waals surface area contributed by atoms with Crippen molar-refractivity contribution in [1.29, 1.82) is 0 Å². The molecular weight excluding hydrogens is 340 g/mol. The smallest absolute Gasteiger partial charge is 0.250 e. The molecule has 5 rings (SSSR count). The van der Waals surface area contributed by atoms with Crippen molar-refractivity contribution in [2.24, 2.45) is 5.92 Å². The Hall–Kier alpha value is -1.92. The van der Waals surface area contributed by atoms with Gasteiger partial charge in [-0.2, -0.15) is 0 Å². The Morgan fingerprint density at radius 3 is 2.85 bits per heavy atom. The third-order valence-corrected chi connectivity index (χ3v) is 7.10. The summed E-state index contributed by atoms with van der Waals surface area (Å²) >= 11 is 0. The summed E-state index contributed by atoms with van der Waals surface area (Å²) in [4.78, 5) is 33.7. The maximum atomic E-state index is 13.7. The first-order valence-corrected chi connectivity index (χ1v) is 10.3. The highest BCUT2D eigenvalue weighted by atomic mass is 16.2. The number of nitrogens with one attached hydrogen (secondary N) is 1. The lowest BCUT2D eigenvalue weighted by Gasteiger charge is -2.38. The predicted octanol–water partition coefficient (Wildman–Crippen LogP) is 1.48. The van der Waals surface area contributed by atoms with Gasteiger partial charge in [0, 0.05) is 36.9 Å². The van der Waals surface area contributed by atoms with Crippen LogP contribution in [0.5, 0.6) is 0 Å². The number of carbonyl (C=O) groups is 2. The molecule has 1 N–H and O–H groups in total. The molecule has 144 valence electrons. The number of para-hydroxylation sites is 1. The van der Waals surface area contributed by atoms with Gasteiger partial charge >= 0.3 is 0 Å². The summed E-state index contributed by atoms with van der Waals surface area (Å²) in [6.07, 6.45) is 3.99. The van der Waals surface area contributed by atoms with Gasteiger partial charge in [0.1, 0.15) is 5.54 Å². The summed E-state index contributed by atoms with van der Waals surface area (Å²) in [6.45, 7) is 4.39. The van der Waals surface area contributed by atoms with Gasteiger partial charge in [0.15, 0.2) is 0 Å². The fraction of sp³-hybridized carbons (Fsp3) is 0.619. The highest BCUT2D eigenvalue weighted by Crippen LogP contribution is 2.55. The Kier molecular flexibility index (Phi) is 4.02. The van der Waals surface area contributed by atoms with Crippen molar-refractivity contribution in [3.8, 4) is 0 Å². The first-order chi connectivity index (χ1) is 13.1. The van der Waals surface area contributed by atoms with Crippen LogP contribution < -0.4 is 5.32 Å². The summed E-state index contributed by atoms with van der Waals surface area (Å²) in [7, 11) is 2.11. The van der Waals surface area contributed by atoms with E-state index in [2.05, 4.69) is 22.2 Å². The Morgan fingerprint density at radius 2 is 1.96 bits per heavy atom. The van der Waals surface area contributed by atoms with Crippen LogP contribution in [0.1, 0.15) is 31.2 Å². The zero-order chi connectivity index (χ0) is 18.6. The Balaban J connectivity index is 1.56. The molecule has 0 unspecified atom stereocenters. The zero-order valence-electron chi connectivity index (χ0n) is 16.0. The summed E-state index contributed by atoms with van der Waals surface area (Å²) < 4.78 is 0. The Morgan fingerprint density at radius 1 is 1.11 bits per heavy atom. The highest BCUT2D eigenvalue weighted by molar-refractivity contribution is 6.09. The van der Waals surface area contributed by atoms with Crippen LogP contribution in [0.15, 0.2) is 24.3 Å². The molecule has 4 aliphatic rings. The number of likely N-dealkylation sites (N-methyl/N-ethyl adjacent to an activating group) is 1. The summed E-state index contributed by atoms with van der Waals surface area (Å²) in [5.74, 6) is -0.111. The van der Waals surface area contributed by atoms with Crippen molar-refractivity contribution < 1.29 is 9.59 Å². The lowest BCUT2D eigenvalue weighted by Crippen LogP contribution is -2.55. The lowest BCUT2D eigenvalue weighted by atomic mass is 9.78. The molecule has 4 aliphatic heterocycles. The number of benzene rings is 1. The molecule has 1 spiro atoms. The first kappa shape index (κ1) is 17.2. The Labute approximate surface area is 160 Å². The van der Waals surface area contributed by atoms with E-state index in [0.717, 1.165) is 69.7 Å². The van der Waals surface area contributed by atoms with Crippen molar-refractivity contribution in [2.45, 2.75) is 37.3 Å². The predicted molar refractivity (Wildman–Crippen MR) is 103 cm³/mol. The summed E-state index contributed by atoms with van der Waals surface area (Å²) in [5, 5.41) is 3.09. The zero-order valence-corrected chi connectivity index (χ0v) is 16.0. The molecule has 1 aromatic carbocycles. The fourth-order valence-electron chi connectivity index (χ4n) is 5.85. The number of anilines is 1. The molecule has 6 heteroatoms. The van der Waals surface area contributed by atoms with E-state index >= 15 is 0 Å². The second-order valence-electron chi connectivity index (χ2n) is 8.53. The highest BCUT2D eigenvalue weighted by Gasteiger charge is 2.65. The van der Waals surface area contributed by atoms with Gasteiger partial charge in [-0.25, -0.2) is 0 Å². The number of amides is 2. The van der Waals surface area contributed by atoms with Gasteiger partial charge in [0.05, 0.1) is 5.92 Å². The summed E-state index contributed by atoms with van der Waals surface area (Å²) in [6, 6.07) is 8.30. The van der Waals surface area contributed by atoms with E-state index in [4.69, 9.17) is 0 Å². The molecule has 0 aliphatic carbocycles. The number of carbonyl (C=O) groups excluding carboxylic acids is 2. The molecule has 0 aromatic heterocycles. The van der Waals surface area contributed by atoms with E-state index in [1.54, 1.807) is 0 Å². The lowest BCUT2D eigenvalue weighted by molar-refractivity contribution is -0.144. The molecule has 3 atom stereocenters. The van der Waals surface area contributed by atoms with E-state index in [1.165, 1.54) is 0 Å². The van der Waals surface area contributed by atoms with Crippen LogP contribution in [-0.4, -0.2) is 72.3 Å². The largest absolute Gasteiger partial charge is 0.341 e. The third-order valence-electron chi connectivity index (χ3n) is 7.10. The van der Waals surface area contributed by atoms with E-state index in [1.807, 2.05) is 29.2 Å². The molecule has 27 heavy (non-hydrogen) atoms. The van der Waals surface area contributed by atoms with Gasteiger partial charge in [-0.3, -0.25) is 14.5 Å². The van der Waals surface area contributed by atoms with Crippen molar-refractivity contribution in [2.75, 3.05) is 45.1 Å². The molecule has 0 saturated carbocycles. The topological polar surface area (TPSA) is 55.9 Å².